The van der Waals surface area contributed by atoms with E-state index >= 15 is 0 Å². The monoisotopic (exact) mass is 328 g/mol. The van der Waals surface area contributed by atoms with Gasteiger partial charge in [-0.15, -0.1) is 0 Å². The number of hydrogen-bond acceptors (Lipinski definition) is 3. The number of hydrogen-bond donors (Lipinski definition) is 1. The molecule has 1 amide bonds. The lowest BCUT2D eigenvalue weighted by Gasteiger charge is -2.30. The minimum atomic E-state index is 0.0620. The molecule has 1 aliphatic rings. The lowest BCUT2D eigenvalue weighted by atomic mass is 9.86. The smallest absolute Gasteiger partial charge is 0.234 e. The average molecular weight is 328 g/mol. The number of furan rings is 1. The third-order valence-corrected chi connectivity index (χ3v) is 5.37. The van der Waals surface area contributed by atoms with Gasteiger partial charge in [0.2, 0.25) is 5.91 Å². The SMILES string of the molecule is C[C@@H]1CCCC[C@H]1NC(=O)CN(C)[C@H](C)c1cc2ccccc2o1. The fourth-order valence-electron chi connectivity index (χ4n) is 3.57. The Morgan fingerprint density at radius 3 is 2.83 bits per heavy atom. The van der Waals surface area contributed by atoms with Gasteiger partial charge in [-0.25, -0.2) is 0 Å². The number of benzene rings is 1. The molecular weight excluding hydrogens is 300 g/mol. The number of para-hydroxylation sites is 1. The summed E-state index contributed by atoms with van der Waals surface area (Å²) >= 11 is 0. The molecule has 3 rings (SSSR count). The van der Waals surface area contributed by atoms with E-state index in [2.05, 4.69) is 25.2 Å². The summed E-state index contributed by atoms with van der Waals surface area (Å²) in [6.45, 7) is 4.71. The van der Waals surface area contributed by atoms with Crippen LogP contribution < -0.4 is 5.32 Å². The molecule has 130 valence electrons. The molecule has 3 atom stereocenters. The van der Waals surface area contributed by atoms with Crippen molar-refractivity contribution in [2.75, 3.05) is 13.6 Å². The summed E-state index contributed by atoms with van der Waals surface area (Å²) in [4.78, 5) is 14.4. The number of nitrogens with zero attached hydrogens (tertiary/aromatic N) is 1. The number of fused-ring (bicyclic) bond motifs is 1. The molecule has 1 heterocycles. The van der Waals surface area contributed by atoms with Crippen LogP contribution in [0.5, 0.6) is 0 Å². The highest BCUT2D eigenvalue weighted by molar-refractivity contribution is 5.79. The highest BCUT2D eigenvalue weighted by Crippen LogP contribution is 2.27. The van der Waals surface area contributed by atoms with Crippen molar-refractivity contribution in [1.82, 2.24) is 10.2 Å². The third kappa shape index (κ3) is 3.81. The maximum Gasteiger partial charge on any atom is 0.234 e. The van der Waals surface area contributed by atoms with Gasteiger partial charge in [0, 0.05) is 11.4 Å². The van der Waals surface area contributed by atoms with Crippen LogP contribution in [0.4, 0.5) is 0 Å². The van der Waals surface area contributed by atoms with Crippen LogP contribution >= 0.6 is 0 Å². The van der Waals surface area contributed by atoms with Gasteiger partial charge in [0.05, 0.1) is 12.6 Å². The van der Waals surface area contributed by atoms with Crippen molar-refractivity contribution < 1.29 is 9.21 Å². The van der Waals surface area contributed by atoms with Crippen molar-refractivity contribution in [2.24, 2.45) is 5.92 Å². The Balaban J connectivity index is 1.58. The van der Waals surface area contributed by atoms with Crippen molar-refractivity contribution in [1.29, 1.82) is 0 Å². The van der Waals surface area contributed by atoms with Gasteiger partial charge in [-0.3, -0.25) is 9.69 Å². The van der Waals surface area contributed by atoms with Gasteiger partial charge in [0.25, 0.3) is 0 Å². The van der Waals surface area contributed by atoms with E-state index in [4.69, 9.17) is 4.42 Å². The predicted molar refractivity (Wildman–Crippen MR) is 96.8 cm³/mol. The Morgan fingerprint density at radius 2 is 2.08 bits per heavy atom. The Labute approximate surface area is 144 Å². The summed E-state index contributed by atoms with van der Waals surface area (Å²) in [5.41, 5.74) is 0.897. The van der Waals surface area contributed by atoms with E-state index in [1.54, 1.807) is 0 Å². The summed E-state index contributed by atoms with van der Waals surface area (Å²) in [6, 6.07) is 10.5. The van der Waals surface area contributed by atoms with Crippen LogP contribution in [-0.2, 0) is 4.79 Å². The first-order valence-electron chi connectivity index (χ1n) is 9.02. The third-order valence-electron chi connectivity index (χ3n) is 5.37. The molecule has 4 heteroatoms. The van der Waals surface area contributed by atoms with Crippen LogP contribution in [0.15, 0.2) is 34.7 Å². The zero-order chi connectivity index (χ0) is 17.1. The maximum atomic E-state index is 12.4. The number of amides is 1. The number of carbonyl (C=O) groups excluding carboxylic acids is 1. The van der Waals surface area contributed by atoms with Crippen LogP contribution in [0.25, 0.3) is 11.0 Å². The molecule has 4 nitrogen and oxygen atoms in total. The topological polar surface area (TPSA) is 45.5 Å². The second-order valence-electron chi connectivity index (χ2n) is 7.21. The number of carbonyl (C=O) groups is 1. The molecule has 1 aliphatic carbocycles. The average Bonchev–Trinajstić information content (AvgIpc) is 3.00. The molecule has 1 saturated carbocycles. The largest absolute Gasteiger partial charge is 0.459 e. The predicted octanol–water partition coefficient (Wildman–Crippen LogP) is 4.12. The van der Waals surface area contributed by atoms with E-state index in [1.165, 1.54) is 19.3 Å². The van der Waals surface area contributed by atoms with Gasteiger partial charge >= 0.3 is 0 Å². The molecule has 0 saturated heterocycles. The van der Waals surface area contributed by atoms with Gasteiger partial charge in [-0.1, -0.05) is 38.0 Å². The zero-order valence-electron chi connectivity index (χ0n) is 14.9. The Morgan fingerprint density at radius 1 is 1.33 bits per heavy atom. The number of nitrogens with one attached hydrogen (secondary N) is 1. The van der Waals surface area contributed by atoms with Gasteiger partial charge in [0.1, 0.15) is 11.3 Å². The zero-order valence-corrected chi connectivity index (χ0v) is 14.9. The molecule has 1 aromatic heterocycles. The highest BCUT2D eigenvalue weighted by Gasteiger charge is 2.24. The molecule has 0 aliphatic heterocycles. The summed E-state index contributed by atoms with van der Waals surface area (Å²) in [7, 11) is 1.97. The molecule has 2 aromatic rings. The Hall–Kier alpha value is -1.81. The van der Waals surface area contributed by atoms with E-state index in [0.29, 0.717) is 18.5 Å². The first-order chi connectivity index (χ1) is 11.5. The summed E-state index contributed by atoms with van der Waals surface area (Å²) in [6.07, 6.45) is 4.84. The van der Waals surface area contributed by atoms with Crippen molar-refractivity contribution in [3.05, 3.63) is 36.1 Å². The minimum absolute atomic E-state index is 0.0620. The molecule has 0 bridgehead atoms. The van der Waals surface area contributed by atoms with Gasteiger partial charge in [-0.2, -0.15) is 0 Å². The van der Waals surface area contributed by atoms with Crippen molar-refractivity contribution in [2.45, 2.75) is 51.6 Å². The van der Waals surface area contributed by atoms with Crippen LogP contribution in [0.3, 0.4) is 0 Å². The molecule has 0 radical (unpaired) electrons. The summed E-state index contributed by atoms with van der Waals surface area (Å²) in [5.74, 6) is 1.59. The van der Waals surface area contributed by atoms with Crippen molar-refractivity contribution in [3.8, 4) is 0 Å². The summed E-state index contributed by atoms with van der Waals surface area (Å²) < 4.78 is 5.93. The first-order valence-corrected chi connectivity index (χ1v) is 9.02. The van der Waals surface area contributed by atoms with Gasteiger partial charge in [-0.05, 0) is 44.9 Å². The Bertz CT molecular complexity index is 661. The lowest BCUT2D eigenvalue weighted by Crippen LogP contribution is -2.45. The normalized spacial score (nSPS) is 22.7. The highest BCUT2D eigenvalue weighted by atomic mass is 16.3. The molecular formula is C20H28N2O2. The second kappa shape index (κ2) is 7.39. The fourth-order valence-corrected chi connectivity index (χ4v) is 3.57. The van der Waals surface area contributed by atoms with Crippen molar-refractivity contribution >= 4 is 16.9 Å². The van der Waals surface area contributed by atoms with E-state index in [1.807, 2.05) is 36.2 Å². The van der Waals surface area contributed by atoms with Crippen LogP contribution in [0.1, 0.15) is 51.3 Å². The van der Waals surface area contributed by atoms with E-state index in [0.717, 1.165) is 23.2 Å². The minimum Gasteiger partial charge on any atom is -0.459 e. The quantitative estimate of drug-likeness (QED) is 0.898. The molecule has 1 aromatic carbocycles. The van der Waals surface area contributed by atoms with E-state index in [9.17, 15) is 4.79 Å². The van der Waals surface area contributed by atoms with Crippen molar-refractivity contribution in [3.63, 3.8) is 0 Å². The summed E-state index contributed by atoms with van der Waals surface area (Å²) in [5, 5.41) is 4.33. The van der Waals surface area contributed by atoms with E-state index in [-0.39, 0.29) is 11.9 Å². The standard InChI is InChI=1S/C20H28N2O2/c1-14-8-4-6-10-17(14)21-20(23)13-22(3)15(2)19-12-16-9-5-7-11-18(16)24-19/h5,7,9,11-12,14-15,17H,4,6,8,10,13H2,1-3H3,(H,21,23)/t14-,15-,17-/m1/s1. The number of likely N-dealkylation sites (N-methyl/N-ethyl adjacent to an activating group) is 1. The fraction of sp³-hybridized carbons (Fsp3) is 0.550. The number of rotatable bonds is 5. The van der Waals surface area contributed by atoms with E-state index < -0.39 is 0 Å². The van der Waals surface area contributed by atoms with Crippen LogP contribution in [-0.4, -0.2) is 30.4 Å². The van der Waals surface area contributed by atoms with Crippen LogP contribution in [0.2, 0.25) is 0 Å². The van der Waals surface area contributed by atoms with Crippen LogP contribution in [0, 0.1) is 5.92 Å². The molecule has 0 unspecified atom stereocenters. The first kappa shape index (κ1) is 17.0. The van der Waals surface area contributed by atoms with Gasteiger partial charge < -0.3 is 9.73 Å². The molecule has 1 N–H and O–H groups in total. The molecule has 24 heavy (non-hydrogen) atoms. The maximum absolute atomic E-state index is 12.4. The van der Waals surface area contributed by atoms with Gasteiger partial charge in [0.15, 0.2) is 0 Å². The lowest BCUT2D eigenvalue weighted by molar-refractivity contribution is -0.123. The Kier molecular flexibility index (Phi) is 5.24. The molecule has 0 spiro atoms. The molecule has 1 fully saturated rings. The second-order valence-corrected chi connectivity index (χ2v) is 7.21.